The van der Waals surface area contributed by atoms with Crippen molar-refractivity contribution < 1.29 is 19.1 Å². The van der Waals surface area contributed by atoms with Gasteiger partial charge in [0.1, 0.15) is 5.75 Å². The highest BCUT2D eigenvalue weighted by atomic mass is 16.5. The van der Waals surface area contributed by atoms with E-state index in [1.54, 1.807) is 0 Å². The Morgan fingerprint density at radius 2 is 1.68 bits per heavy atom. The van der Waals surface area contributed by atoms with E-state index in [4.69, 9.17) is 4.74 Å². The quantitative estimate of drug-likeness (QED) is 0.769. The number of nitrogens with zero attached hydrogens (tertiary/aromatic N) is 2. The van der Waals surface area contributed by atoms with E-state index in [9.17, 15) is 14.4 Å². The number of fused-ring (bicyclic) bond motifs is 1. The normalized spacial score (nSPS) is 21.6. The summed E-state index contributed by atoms with van der Waals surface area (Å²) in [6.07, 6.45) is 7.84. The summed E-state index contributed by atoms with van der Waals surface area (Å²) in [5.74, 6) is 0.160. The SMILES string of the molecule is O=C(CN1C[C@@H](C(=O)N2CCCCC2)Oc2ccccc21)NC(=O)NC1CCCCC1. The van der Waals surface area contributed by atoms with Gasteiger partial charge in [-0.1, -0.05) is 31.4 Å². The number of carbonyl (C=O) groups is 3. The molecule has 2 fully saturated rings. The van der Waals surface area contributed by atoms with Crippen molar-refractivity contribution in [3.8, 4) is 5.75 Å². The number of ether oxygens (including phenoxy) is 1. The number of benzene rings is 1. The minimum absolute atomic E-state index is 0.0117. The van der Waals surface area contributed by atoms with E-state index >= 15 is 0 Å². The van der Waals surface area contributed by atoms with Gasteiger partial charge in [-0.15, -0.1) is 0 Å². The second-order valence-corrected chi connectivity index (χ2v) is 8.70. The van der Waals surface area contributed by atoms with Crippen LogP contribution in [0.25, 0.3) is 0 Å². The Hall–Kier alpha value is -2.77. The molecule has 0 spiro atoms. The fourth-order valence-corrected chi connectivity index (χ4v) is 4.71. The van der Waals surface area contributed by atoms with Gasteiger partial charge in [-0.3, -0.25) is 14.9 Å². The fraction of sp³-hybridized carbons (Fsp3) is 0.609. The number of urea groups is 1. The summed E-state index contributed by atoms with van der Waals surface area (Å²) in [6, 6.07) is 7.09. The van der Waals surface area contributed by atoms with E-state index < -0.39 is 18.0 Å². The van der Waals surface area contributed by atoms with Gasteiger partial charge >= 0.3 is 6.03 Å². The largest absolute Gasteiger partial charge is 0.477 e. The van der Waals surface area contributed by atoms with Crippen LogP contribution in [0.5, 0.6) is 5.75 Å². The first-order valence-corrected chi connectivity index (χ1v) is 11.5. The standard InChI is InChI=1S/C23H32N4O4/c28-21(25-23(30)24-17-9-3-1-4-10-17)16-27-15-20(22(29)26-13-7-2-8-14-26)31-19-12-6-5-11-18(19)27/h5-6,11-12,17,20H,1-4,7-10,13-16H2,(H2,24,25,28,30)/t20-/m0/s1. The number of carbonyl (C=O) groups excluding carboxylic acids is 3. The first kappa shape index (κ1) is 21.5. The van der Waals surface area contributed by atoms with Gasteiger partial charge in [-0.2, -0.15) is 0 Å². The lowest BCUT2D eigenvalue weighted by Gasteiger charge is -2.38. The number of amides is 4. The van der Waals surface area contributed by atoms with Crippen LogP contribution in [0, 0.1) is 0 Å². The van der Waals surface area contributed by atoms with Crippen LogP contribution < -0.4 is 20.3 Å². The van der Waals surface area contributed by atoms with Gasteiger partial charge in [0.2, 0.25) is 5.91 Å². The van der Waals surface area contributed by atoms with Crippen molar-refractivity contribution in [1.82, 2.24) is 15.5 Å². The van der Waals surface area contributed by atoms with E-state index in [-0.39, 0.29) is 25.0 Å². The molecule has 168 valence electrons. The lowest BCUT2D eigenvalue weighted by atomic mass is 9.96. The number of piperidine rings is 1. The Morgan fingerprint density at radius 1 is 0.968 bits per heavy atom. The van der Waals surface area contributed by atoms with Crippen LogP contribution in [0.15, 0.2) is 24.3 Å². The van der Waals surface area contributed by atoms with E-state index in [1.807, 2.05) is 34.1 Å². The molecule has 2 N–H and O–H groups in total. The molecule has 0 aromatic heterocycles. The molecule has 0 unspecified atom stereocenters. The van der Waals surface area contributed by atoms with Gasteiger partial charge in [0.15, 0.2) is 6.10 Å². The monoisotopic (exact) mass is 428 g/mol. The molecule has 1 aliphatic carbocycles. The first-order chi connectivity index (χ1) is 15.1. The Bertz CT molecular complexity index is 803. The number of nitrogens with one attached hydrogen (secondary N) is 2. The number of para-hydroxylation sites is 2. The zero-order valence-corrected chi connectivity index (χ0v) is 18.0. The average Bonchev–Trinajstić information content (AvgIpc) is 2.79. The zero-order chi connectivity index (χ0) is 21.6. The Labute approximate surface area is 183 Å². The van der Waals surface area contributed by atoms with Gasteiger partial charge in [-0.05, 0) is 44.2 Å². The number of rotatable bonds is 4. The molecule has 1 saturated carbocycles. The predicted octanol–water partition coefficient (Wildman–Crippen LogP) is 2.42. The van der Waals surface area contributed by atoms with Crippen LogP contribution >= 0.6 is 0 Å². The Balaban J connectivity index is 1.38. The van der Waals surface area contributed by atoms with E-state index in [2.05, 4.69) is 10.6 Å². The van der Waals surface area contributed by atoms with Crippen LogP contribution in [0.4, 0.5) is 10.5 Å². The third kappa shape index (κ3) is 5.48. The van der Waals surface area contributed by atoms with E-state index in [0.29, 0.717) is 5.75 Å². The van der Waals surface area contributed by atoms with Crippen molar-refractivity contribution in [3.63, 3.8) is 0 Å². The molecule has 0 bridgehead atoms. The highest BCUT2D eigenvalue weighted by Gasteiger charge is 2.34. The van der Waals surface area contributed by atoms with Crippen LogP contribution in [-0.4, -0.2) is 61.1 Å². The summed E-state index contributed by atoms with van der Waals surface area (Å²) in [4.78, 5) is 41.5. The van der Waals surface area contributed by atoms with Gasteiger partial charge in [-0.25, -0.2) is 4.79 Å². The number of anilines is 1. The van der Waals surface area contributed by atoms with Crippen LogP contribution in [0.3, 0.4) is 0 Å². The van der Waals surface area contributed by atoms with Crippen LogP contribution in [0.1, 0.15) is 51.4 Å². The van der Waals surface area contributed by atoms with Gasteiger partial charge in [0.05, 0.1) is 18.8 Å². The summed E-state index contributed by atoms with van der Waals surface area (Å²) in [7, 11) is 0. The molecule has 8 nitrogen and oxygen atoms in total. The molecule has 31 heavy (non-hydrogen) atoms. The topological polar surface area (TPSA) is 91.0 Å². The van der Waals surface area contributed by atoms with Crippen molar-refractivity contribution in [2.45, 2.75) is 63.5 Å². The molecule has 2 heterocycles. The number of hydrogen-bond donors (Lipinski definition) is 2. The molecule has 1 saturated heterocycles. The third-order valence-electron chi connectivity index (χ3n) is 6.33. The minimum Gasteiger partial charge on any atom is -0.477 e. The highest BCUT2D eigenvalue weighted by molar-refractivity contribution is 5.97. The molecule has 4 rings (SSSR count). The smallest absolute Gasteiger partial charge is 0.321 e. The molecule has 2 aliphatic heterocycles. The molecule has 8 heteroatoms. The van der Waals surface area contributed by atoms with Crippen molar-refractivity contribution in [2.24, 2.45) is 0 Å². The minimum atomic E-state index is -0.656. The summed E-state index contributed by atoms with van der Waals surface area (Å²) < 4.78 is 6.00. The maximum Gasteiger partial charge on any atom is 0.321 e. The van der Waals surface area contributed by atoms with Crippen molar-refractivity contribution in [1.29, 1.82) is 0 Å². The molecular formula is C23H32N4O4. The summed E-state index contributed by atoms with van der Waals surface area (Å²) in [5.41, 5.74) is 0.757. The average molecular weight is 429 g/mol. The maximum absolute atomic E-state index is 13.0. The third-order valence-corrected chi connectivity index (χ3v) is 6.33. The second kappa shape index (κ2) is 10.0. The van der Waals surface area contributed by atoms with E-state index in [0.717, 1.165) is 63.7 Å². The molecule has 3 aliphatic rings. The zero-order valence-electron chi connectivity index (χ0n) is 18.0. The summed E-state index contributed by atoms with van der Waals surface area (Å²) in [5, 5.41) is 5.35. The number of imide groups is 1. The lowest BCUT2D eigenvalue weighted by Crippen LogP contribution is -2.54. The molecule has 1 aromatic rings. The Kier molecular flexibility index (Phi) is 6.94. The van der Waals surface area contributed by atoms with Crippen molar-refractivity contribution in [2.75, 3.05) is 31.1 Å². The van der Waals surface area contributed by atoms with Crippen LogP contribution in [0.2, 0.25) is 0 Å². The molecular weight excluding hydrogens is 396 g/mol. The van der Waals surface area contributed by atoms with Crippen molar-refractivity contribution >= 4 is 23.5 Å². The number of likely N-dealkylation sites (tertiary alicyclic amines) is 1. The lowest BCUT2D eigenvalue weighted by molar-refractivity contribution is -0.139. The molecule has 1 atom stereocenters. The fourth-order valence-electron chi connectivity index (χ4n) is 4.71. The van der Waals surface area contributed by atoms with E-state index in [1.165, 1.54) is 6.42 Å². The summed E-state index contributed by atoms with van der Waals surface area (Å²) in [6.45, 7) is 1.77. The van der Waals surface area contributed by atoms with Crippen molar-refractivity contribution in [3.05, 3.63) is 24.3 Å². The second-order valence-electron chi connectivity index (χ2n) is 8.70. The molecule has 1 aromatic carbocycles. The van der Waals surface area contributed by atoms with Crippen LogP contribution in [-0.2, 0) is 9.59 Å². The summed E-state index contributed by atoms with van der Waals surface area (Å²) >= 11 is 0. The maximum atomic E-state index is 13.0. The first-order valence-electron chi connectivity index (χ1n) is 11.5. The Morgan fingerprint density at radius 3 is 2.45 bits per heavy atom. The van der Waals surface area contributed by atoms with Gasteiger partial charge in [0.25, 0.3) is 5.91 Å². The van der Waals surface area contributed by atoms with Gasteiger partial charge < -0.3 is 19.9 Å². The predicted molar refractivity (Wildman–Crippen MR) is 117 cm³/mol. The van der Waals surface area contributed by atoms with Gasteiger partial charge in [0, 0.05) is 19.1 Å². The molecule has 0 radical (unpaired) electrons. The number of hydrogen-bond acceptors (Lipinski definition) is 5. The molecule has 4 amide bonds. The highest BCUT2D eigenvalue weighted by Crippen LogP contribution is 2.33.